The van der Waals surface area contributed by atoms with Crippen molar-refractivity contribution in [1.82, 2.24) is 15.5 Å². The Hall–Kier alpha value is -1.85. The fraction of sp³-hybridized carbons (Fsp3) is 0.333. The lowest BCUT2D eigenvalue weighted by Crippen LogP contribution is -2.47. The topological polar surface area (TPSA) is 78.0 Å². The molecule has 3 rings (SSSR count). The van der Waals surface area contributed by atoms with E-state index < -0.39 is 5.60 Å². The summed E-state index contributed by atoms with van der Waals surface area (Å²) in [6.07, 6.45) is 3.98. The minimum Gasteiger partial charge on any atom is -0.388 e. The molecule has 21 heavy (non-hydrogen) atoms. The van der Waals surface area contributed by atoms with Crippen LogP contribution in [0.25, 0.3) is 11.3 Å². The van der Waals surface area contributed by atoms with Crippen LogP contribution in [0.5, 0.6) is 0 Å². The Morgan fingerprint density at radius 1 is 1.38 bits per heavy atom. The van der Waals surface area contributed by atoms with E-state index in [-0.39, 0.29) is 12.5 Å². The molecule has 0 unspecified atom stereocenters. The molecule has 1 aliphatic carbocycles. The molecule has 5 nitrogen and oxygen atoms in total. The van der Waals surface area contributed by atoms with Crippen molar-refractivity contribution in [1.29, 1.82) is 0 Å². The third-order valence-corrected chi connectivity index (χ3v) is 4.13. The number of benzene rings is 1. The van der Waals surface area contributed by atoms with Crippen LogP contribution in [0.1, 0.15) is 29.6 Å². The van der Waals surface area contributed by atoms with E-state index in [2.05, 4.69) is 15.5 Å². The van der Waals surface area contributed by atoms with E-state index in [1.165, 1.54) is 6.20 Å². The quantitative estimate of drug-likeness (QED) is 0.811. The molecule has 1 aliphatic rings. The number of halogens is 1. The number of hydrogen-bond acceptors (Lipinski definition) is 3. The predicted molar refractivity (Wildman–Crippen MR) is 80.2 cm³/mol. The molecule has 0 radical (unpaired) electrons. The van der Waals surface area contributed by atoms with Crippen molar-refractivity contribution < 1.29 is 9.90 Å². The fourth-order valence-electron chi connectivity index (χ4n) is 2.40. The van der Waals surface area contributed by atoms with Gasteiger partial charge < -0.3 is 10.4 Å². The number of amides is 1. The molecule has 1 amide bonds. The van der Waals surface area contributed by atoms with Crippen molar-refractivity contribution in [3.8, 4) is 11.3 Å². The number of aromatic nitrogens is 2. The predicted octanol–water partition coefficient (Wildman–Crippen LogP) is 2.37. The highest BCUT2D eigenvalue weighted by Gasteiger charge is 2.34. The number of aliphatic hydroxyl groups is 1. The zero-order valence-electron chi connectivity index (χ0n) is 11.4. The van der Waals surface area contributed by atoms with Gasteiger partial charge in [0.05, 0.1) is 23.1 Å². The van der Waals surface area contributed by atoms with Gasteiger partial charge in [-0.15, -0.1) is 0 Å². The number of carbonyl (C=O) groups is 1. The molecule has 6 heteroatoms. The summed E-state index contributed by atoms with van der Waals surface area (Å²) in [5.41, 5.74) is 1.20. The molecule has 1 aromatic carbocycles. The van der Waals surface area contributed by atoms with Crippen LogP contribution in [-0.2, 0) is 0 Å². The van der Waals surface area contributed by atoms with E-state index >= 15 is 0 Å². The number of carbonyl (C=O) groups excluding carboxylic acids is 1. The van der Waals surface area contributed by atoms with Gasteiger partial charge in [0.15, 0.2) is 0 Å². The van der Waals surface area contributed by atoms with Gasteiger partial charge in [0.1, 0.15) is 0 Å². The zero-order chi connectivity index (χ0) is 14.9. The standard InChI is InChI=1S/C15H16ClN3O2/c16-11-4-2-10(3-5-11)13-12(8-18-19-13)14(20)17-9-15(21)6-1-7-15/h2-5,8,21H,1,6-7,9H2,(H,17,20)(H,18,19). The van der Waals surface area contributed by atoms with Crippen LogP contribution in [-0.4, -0.2) is 33.4 Å². The van der Waals surface area contributed by atoms with Gasteiger partial charge in [-0.1, -0.05) is 23.7 Å². The lowest BCUT2D eigenvalue weighted by atomic mass is 9.80. The molecular weight excluding hydrogens is 290 g/mol. The van der Waals surface area contributed by atoms with Crippen LogP contribution in [0.15, 0.2) is 30.5 Å². The highest BCUT2D eigenvalue weighted by Crippen LogP contribution is 2.31. The molecule has 0 bridgehead atoms. The van der Waals surface area contributed by atoms with Gasteiger partial charge in [0, 0.05) is 17.1 Å². The van der Waals surface area contributed by atoms with E-state index in [9.17, 15) is 9.90 Å². The average molecular weight is 306 g/mol. The van der Waals surface area contributed by atoms with Crippen molar-refractivity contribution >= 4 is 17.5 Å². The summed E-state index contributed by atoms with van der Waals surface area (Å²) in [6, 6.07) is 7.17. The van der Waals surface area contributed by atoms with Crippen molar-refractivity contribution in [3.63, 3.8) is 0 Å². The van der Waals surface area contributed by atoms with Gasteiger partial charge in [-0.25, -0.2) is 0 Å². The Labute approximate surface area is 127 Å². The molecule has 1 fully saturated rings. The van der Waals surface area contributed by atoms with E-state index in [1.807, 2.05) is 12.1 Å². The van der Waals surface area contributed by atoms with Crippen molar-refractivity contribution in [3.05, 3.63) is 41.0 Å². The molecule has 110 valence electrons. The number of nitrogens with zero attached hydrogens (tertiary/aromatic N) is 1. The second-order valence-corrected chi connectivity index (χ2v) is 5.86. The number of H-pyrrole nitrogens is 1. The second-order valence-electron chi connectivity index (χ2n) is 5.43. The van der Waals surface area contributed by atoms with E-state index in [4.69, 9.17) is 11.6 Å². The summed E-state index contributed by atoms with van der Waals surface area (Å²) in [6.45, 7) is 0.275. The third kappa shape index (κ3) is 2.94. The first-order valence-electron chi connectivity index (χ1n) is 6.87. The number of rotatable bonds is 4. The molecule has 1 aromatic heterocycles. The normalized spacial score (nSPS) is 16.3. The van der Waals surface area contributed by atoms with Crippen molar-refractivity contribution in [2.75, 3.05) is 6.54 Å². The molecule has 1 saturated carbocycles. The molecule has 3 N–H and O–H groups in total. The molecule has 0 saturated heterocycles. The maximum absolute atomic E-state index is 12.2. The lowest BCUT2D eigenvalue weighted by Gasteiger charge is -2.36. The monoisotopic (exact) mass is 305 g/mol. The summed E-state index contributed by atoms with van der Waals surface area (Å²) in [5, 5.41) is 20.2. The van der Waals surface area contributed by atoms with E-state index in [0.29, 0.717) is 16.3 Å². The summed E-state index contributed by atoms with van der Waals surface area (Å²) in [4.78, 5) is 12.2. The molecule has 0 spiro atoms. The number of aromatic amines is 1. The molecule has 1 heterocycles. The average Bonchev–Trinajstić information content (AvgIpc) is 2.93. The van der Waals surface area contributed by atoms with Crippen LogP contribution in [0, 0.1) is 0 Å². The van der Waals surface area contributed by atoms with Gasteiger partial charge in [-0.2, -0.15) is 5.10 Å². The van der Waals surface area contributed by atoms with Gasteiger partial charge >= 0.3 is 0 Å². The Morgan fingerprint density at radius 3 is 2.71 bits per heavy atom. The van der Waals surface area contributed by atoms with Crippen LogP contribution < -0.4 is 5.32 Å². The largest absolute Gasteiger partial charge is 0.388 e. The minimum absolute atomic E-state index is 0.242. The molecule has 0 atom stereocenters. The summed E-state index contributed by atoms with van der Waals surface area (Å²) >= 11 is 5.86. The maximum atomic E-state index is 12.2. The Balaban J connectivity index is 1.75. The fourth-order valence-corrected chi connectivity index (χ4v) is 2.52. The minimum atomic E-state index is -0.736. The van der Waals surface area contributed by atoms with Crippen molar-refractivity contribution in [2.45, 2.75) is 24.9 Å². The highest BCUT2D eigenvalue weighted by atomic mass is 35.5. The lowest BCUT2D eigenvalue weighted by molar-refractivity contribution is -0.0300. The first-order valence-corrected chi connectivity index (χ1v) is 7.25. The van der Waals surface area contributed by atoms with Gasteiger partial charge in [-0.05, 0) is 31.4 Å². The summed E-state index contributed by atoms with van der Waals surface area (Å²) in [7, 11) is 0. The van der Waals surface area contributed by atoms with Crippen LogP contribution in [0.4, 0.5) is 0 Å². The SMILES string of the molecule is O=C(NCC1(O)CCC1)c1cn[nH]c1-c1ccc(Cl)cc1. The second kappa shape index (κ2) is 5.50. The van der Waals surface area contributed by atoms with Crippen molar-refractivity contribution in [2.24, 2.45) is 0 Å². The van der Waals surface area contributed by atoms with Gasteiger partial charge in [-0.3, -0.25) is 9.89 Å². The summed E-state index contributed by atoms with van der Waals surface area (Å²) in [5.74, 6) is -0.242. The highest BCUT2D eigenvalue weighted by molar-refractivity contribution is 6.30. The Bertz CT molecular complexity index is 647. The third-order valence-electron chi connectivity index (χ3n) is 3.88. The first-order chi connectivity index (χ1) is 10.1. The maximum Gasteiger partial charge on any atom is 0.255 e. The zero-order valence-corrected chi connectivity index (χ0v) is 12.2. The van der Waals surface area contributed by atoms with E-state index in [0.717, 1.165) is 24.8 Å². The first kappa shape index (κ1) is 14.1. The molecule has 2 aromatic rings. The summed E-state index contributed by atoms with van der Waals surface area (Å²) < 4.78 is 0. The smallest absolute Gasteiger partial charge is 0.255 e. The van der Waals surface area contributed by atoms with Crippen LogP contribution in [0.2, 0.25) is 5.02 Å². The van der Waals surface area contributed by atoms with Crippen LogP contribution >= 0.6 is 11.6 Å². The molecule has 0 aliphatic heterocycles. The van der Waals surface area contributed by atoms with Gasteiger partial charge in [0.2, 0.25) is 0 Å². The van der Waals surface area contributed by atoms with Gasteiger partial charge in [0.25, 0.3) is 5.91 Å². The van der Waals surface area contributed by atoms with Crippen LogP contribution in [0.3, 0.4) is 0 Å². The Kier molecular flexibility index (Phi) is 3.69. The Morgan fingerprint density at radius 2 is 2.10 bits per heavy atom. The van der Waals surface area contributed by atoms with E-state index in [1.54, 1.807) is 12.1 Å². The number of hydrogen-bond donors (Lipinski definition) is 3. The molecular formula is C15H16ClN3O2. The number of nitrogens with one attached hydrogen (secondary N) is 2.